The SMILES string of the molecule is Nc1cccc(-c2ccc(-c3cccnc3)cc2)c1. The van der Waals surface area contributed by atoms with Crippen LogP contribution in [0.15, 0.2) is 73.1 Å². The summed E-state index contributed by atoms with van der Waals surface area (Å²) >= 11 is 0. The van der Waals surface area contributed by atoms with Crippen LogP contribution in [0.1, 0.15) is 0 Å². The number of anilines is 1. The zero-order chi connectivity index (χ0) is 13.1. The molecule has 1 heterocycles. The van der Waals surface area contributed by atoms with Crippen LogP contribution in [0.2, 0.25) is 0 Å². The molecule has 0 atom stereocenters. The molecule has 2 N–H and O–H groups in total. The van der Waals surface area contributed by atoms with E-state index in [1.54, 1.807) is 6.20 Å². The smallest absolute Gasteiger partial charge is 0.0346 e. The lowest BCUT2D eigenvalue weighted by Gasteiger charge is -2.05. The molecule has 0 unspecified atom stereocenters. The highest BCUT2D eigenvalue weighted by atomic mass is 14.6. The predicted molar refractivity (Wildman–Crippen MR) is 79.5 cm³/mol. The second-order valence-electron chi connectivity index (χ2n) is 4.44. The molecule has 0 saturated carbocycles. The first-order chi connectivity index (χ1) is 9.33. The van der Waals surface area contributed by atoms with Crippen LogP contribution < -0.4 is 5.73 Å². The summed E-state index contributed by atoms with van der Waals surface area (Å²) in [6.07, 6.45) is 3.65. The molecule has 2 nitrogen and oxygen atoms in total. The molecule has 3 aromatic rings. The van der Waals surface area contributed by atoms with E-state index in [0.717, 1.165) is 16.8 Å². The quantitative estimate of drug-likeness (QED) is 0.694. The van der Waals surface area contributed by atoms with Gasteiger partial charge < -0.3 is 5.73 Å². The van der Waals surface area contributed by atoms with Crippen molar-refractivity contribution in [3.05, 3.63) is 73.1 Å². The Kier molecular flexibility index (Phi) is 2.99. The second-order valence-corrected chi connectivity index (χ2v) is 4.44. The van der Waals surface area contributed by atoms with Gasteiger partial charge in [0.1, 0.15) is 0 Å². The molecule has 19 heavy (non-hydrogen) atoms. The van der Waals surface area contributed by atoms with Crippen molar-refractivity contribution in [1.82, 2.24) is 4.98 Å². The number of hydrogen-bond acceptors (Lipinski definition) is 2. The molecular formula is C17H14N2. The number of nitrogen functional groups attached to an aromatic ring is 1. The molecule has 0 amide bonds. The summed E-state index contributed by atoms with van der Waals surface area (Å²) in [6.45, 7) is 0. The Bertz CT molecular complexity index is 673. The van der Waals surface area contributed by atoms with Crippen LogP contribution in [-0.4, -0.2) is 4.98 Å². The standard InChI is InChI=1S/C17H14N2/c18-17-5-1-3-15(11-17)13-6-8-14(9-7-13)16-4-2-10-19-12-16/h1-12H,18H2. The Hall–Kier alpha value is -2.61. The molecule has 92 valence electrons. The summed E-state index contributed by atoms with van der Waals surface area (Å²) in [7, 11) is 0. The molecule has 0 aliphatic heterocycles. The molecule has 0 saturated heterocycles. The van der Waals surface area contributed by atoms with Crippen molar-refractivity contribution < 1.29 is 0 Å². The van der Waals surface area contributed by atoms with Crippen LogP contribution in [0.25, 0.3) is 22.3 Å². The number of hydrogen-bond donors (Lipinski definition) is 1. The van der Waals surface area contributed by atoms with E-state index >= 15 is 0 Å². The zero-order valence-electron chi connectivity index (χ0n) is 10.5. The van der Waals surface area contributed by atoms with Gasteiger partial charge in [-0.2, -0.15) is 0 Å². The number of nitrogens with zero attached hydrogens (tertiary/aromatic N) is 1. The Labute approximate surface area is 112 Å². The minimum atomic E-state index is 0.786. The molecule has 3 rings (SSSR count). The number of benzene rings is 2. The number of nitrogens with two attached hydrogens (primary N) is 1. The van der Waals surface area contributed by atoms with E-state index in [-0.39, 0.29) is 0 Å². The van der Waals surface area contributed by atoms with Crippen LogP contribution in [0.4, 0.5) is 5.69 Å². The van der Waals surface area contributed by atoms with Gasteiger partial charge >= 0.3 is 0 Å². The van der Waals surface area contributed by atoms with E-state index in [9.17, 15) is 0 Å². The van der Waals surface area contributed by atoms with Crippen molar-refractivity contribution in [3.8, 4) is 22.3 Å². The fraction of sp³-hybridized carbons (Fsp3) is 0. The fourth-order valence-electron chi connectivity index (χ4n) is 2.11. The van der Waals surface area contributed by atoms with Gasteiger partial charge in [-0.1, -0.05) is 42.5 Å². The first-order valence-electron chi connectivity index (χ1n) is 6.19. The third-order valence-corrected chi connectivity index (χ3v) is 3.10. The van der Waals surface area contributed by atoms with Gasteiger partial charge in [-0.15, -0.1) is 0 Å². The number of pyridine rings is 1. The topological polar surface area (TPSA) is 38.9 Å². The van der Waals surface area contributed by atoms with Crippen molar-refractivity contribution in [2.75, 3.05) is 5.73 Å². The van der Waals surface area contributed by atoms with E-state index in [2.05, 4.69) is 41.4 Å². The summed E-state index contributed by atoms with van der Waals surface area (Å²) < 4.78 is 0. The fourth-order valence-corrected chi connectivity index (χ4v) is 2.11. The third-order valence-electron chi connectivity index (χ3n) is 3.10. The van der Waals surface area contributed by atoms with Gasteiger partial charge in [0, 0.05) is 18.1 Å². The minimum Gasteiger partial charge on any atom is -0.399 e. The lowest BCUT2D eigenvalue weighted by atomic mass is 10.0. The van der Waals surface area contributed by atoms with E-state index in [1.807, 2.05) is 30.5 Å². The summed E-state index contributed by atoms with van der Waals surface area (Å²) in [5.74, 6) is 0. The highest BCUT2D eigenvalue weighted by molar-refractivity contribution is 5.71. The molecule has 0 bridgehead atoms. The lowest BCUT2D eigenvalue weighted by Crippen LogP contribution is -1.85. The van der Waals surface area contributed by atoms with Gasteiger partial charge in [0.2, 0.25) is 0 Å². The summed E-state index contributed by atoms with van der Waals surface area (Å²) in [5, 5.41) is 0. The number of rotatable bonds is 2. The molecule has 0 spiro atoms. The Balaban J connectivity index is 1.95. The molecule has 0 radical (unpaired) electrons. The van der Waals surface area contributed by atoms with Crippen molar-refractivity contribution in [1.29, 1.82) is 0 Å². The van der Waals surface area contributed by atoms with Crippen LogP contribution in [0.5, 0.6) is 0 Å². The van der Waals surface area contributed by atoms with Gasteiger partial charge in [-0.25, -0.2) is 0 Å². The van der Waals surface area contributed by atoms with Crippen LogP contribution in [0.3, 0.4) is 0 Å². The summed E-state index contributed by atoms with van der Waals surface area (Å²) in [6, 6.07) is 20.4. The average Bonchev–Trinajstić information content (AvgIpc) is 2.48. The van der Waals surface area contributed by atoms with E-state index in [0.29, 0.717) is 0 Å². The molecular weight excluding hydrogens is 232 g/mol. The molecule has 0 aliphatic rings. The monoisotopic (exact) mass is 246 g/mol. The normalized spacial score (nSPS) is 10.3. The molecule has 2 heteroatoms. The lowest BCUT2D eigenvalue weighted by molar-refractivity contribution is 1.33. The Morgan fingerprint density at radius 2 is 1.37 bits per heavy atom. The first kappa shape index (κ1) is 11.5. The molecule has 0 fully saturated rings. The average molecular weight is 246 g/mol. The maximum Gasteiger partial charge on any atom is 0.0346 e. The molecule has 2 aromatic carbocycles. The first-order valence-corrected chi connectivity index (χ1v) is 6.19. The Morgan fingerprint density at radius 3 is 2.00 bits per heavy atom. The summed E-state index contributed by atoms with van der Waals surface area (Å²) in [5.41, 5.74) is 11.2. The van der Waals surface area contributed by atoms with Gasteiger partial charge in [0.05, 0.1) is 0 Å². The van der Waals surface area contributed by atoms with Crippen LogP contribution in [0, 0.1) is 0 Å². The van der Waals surface area contributed by atoms with E-state index in [4.69, 9.17) is 5.73 Å². The zero-order valence-corrected chi connectivity index (χ0v) is 10.5. The second kappa shape index (κ2) is 4.94. The van der Waals surface area contributed by atoms with Crippen LogP contribution in [-0.2, 0) is 0 Å². The van der Waals surface area contributed by atoms with E-state index in [1.165, 1.54) is 11.1 Å². The summed E-state index contributed by atoms with van der Waals surface area (Å²) in [4.78, 5) is 4.14. The third kappa shape index (κ3) is 2.47. The molecule has 1 aromatic heterocycles. The largest absolute Gasteiger partial charge is 0.399 e. The highest BCUT2D eigenvalue weighted by Crippen LogP contribution is 2.25. The van der Waals surface area contributed by atoms with Crippen molar-refractivity contribution in [3.63, 3.8) is 0 Å². The Morgan fingerprint density at radius 1 is 0.684 bits per heavy atom. The maximum absolute atomic E-state index is 5.81. The van der Waals surface area contributed by atoms with Crippen molar-refractivity contribution in [2.45, 2.75) is 0 Å². The van der Waals surface area contributed by atoms with Gasteiger partial charge in [-0.3, -0.25) is 4.98 Å². The molecule has 0 aliphatic carbocycles. The van der Waals surface area contributed by atoms with Crippen molar-refractivity contribution in [2.24, 2.45) is 0 Å². The van der Waals surface area contributed by atoms with E-state index < -0.39 is 0 Å². The van der Waals surface area contributed by atoms with Gasteiger partial charge in [0.25, 0.3) is 0 Å². The number of aromatic nitrogens is 1. The van der Waals surface area contributed by atoms with Crippen LogP contribution >= 0.6 is 0 Å². The highest BCUT2D eigenvalue weighted by Gasteiger charge is 2.00. The predicted octanol–water partition coefficient (Wildman–Crippen LogP) is 4.00. The van der Waals surface area contributed by atoms with Gasteiger partial charge in [-0.05, 0) is 40.5 Å². The van der Waals surface area contributed by atoms with Crippen molar-refractivity contribution >= 4 is 5.69 Å². The minimum absolute atomic E-state index is 0.786. The van der Waals surface area contributed by atoms with Gasteiger partial charge in [0.15, 0.2) is 0 Å². The maximum atomic E-state index is 5.81.